The summed E-state index contributed by atoms with van der Waals surface area (Å²) in [6.45, 7) is 0. The Labute approximate surface area is 185 Å². The maximum absolute atomic E-state index is 12.1. The highest BCUT2D eigenvalue weighted by Crippen LogP contribution is 2.33. The molecule has 0 aliphatic carbocycles. The smallest absolute Gasteiger partial charge is 0.233 e. The van der Waals surface area contributed by atoms with Crippen molar-refractivity contribution in [2.45, 2.75) is 19.3 Å². The van der Waals surface area contributed by atoms with E-state index < -0.39 is 10.0 Å². The van der Waals surface area contributed by atoms with Gasteiger partial charge in [0.1, 0.15) is 6.33 Å². The highest BCUT2D eigenvalue weighted by molar-refractivity contribution is 7.92. The summed E-state index contributed by atoms with van der Waals surface area (Å²) in [6.07, 6.45) is 5.63. The Morgan fingerprint density at radius 2 is 1.97 bits per heavy atom. The molecule has 5 rings (SSSR count). The van der Waals surface area contributed by atoms with E-state index in [-0.39, 0.29) is 5.91 Å². The van der Waals surface area contributed by atoms with E-state index in [1.54, 1.807) is 12.3 Å². The molecule has 0 saturated heterocycles. The number of amides is 1. The molecular weight excluding hydrogens is 428 g/mol. The van der Waals surface area contributed by atoms with Crippen LogP contribution in [0.3, 0.4) is 0 Å². The fourth-order valence-corrected chi connectivity index (χ4v) is 4.43. The number of benzene rings is 1. The number of rotatable bonds is 5. The summed E-state index contributed by atoms with van der Waals surface area (Å²) in [5, 5.41) is 2.84. The first-order valence-electron chi connectivity index (χ1n) is 10.0. The first-order valence-corrected chi connectivity index (χ1v) is 11.9. The van der Waals surface area contributed by atoms with Gasteiger partial charge in [-0.2, -0.15) is 0 Å². The lowest BCUT2D eigenvalue weighted by atomic mass is 9.99. The number of carbonyl (C=O) groups is 1. The van der Waals surface area contributed by atoms with Crippen molar-refractivity contribution in [1.82, 2.24) is 15.0 Å². The molecule has 1 amide bonds. The highest BCUT2D eigenvalue weighted by atomic mass is 32.2. The first-order chi connectivity index (χ1) is 15.3. The molecule has 0 radical (unpaired) electrons. The molecule has 4 heterocycles. The van der Waals surface area contributed by atoms with Crippen LogP contribution < -0.4 is 9.62 Å². The van der Waals surface area contributed by atoms with Crippen LogP contribution in [0.1, 0.15) is 27.9 Å². The van der Waals surface area contributed by atoms with Crippen molar-refractivity contribution in [2.24, 2.45) is 4.99 Å². The fraction of sp³-hybridized carbons (Fsp3) is 0.227. The van der Waals surface area contributed by atoms with Crippen LogP contribution in [-0.2, 0) is 34.1 Å². The van der Waals surface area contributed by atoms with E-state index in [1.807, 2.05) is 24.3 Å². The monoisotopic (exact) mass is 448 g/mol. The topological polar surface area (TPSA) is 118 Å². The third-order valence-electron chi connectivity index (χ3n) is 5.66. The largest absolute Gasteiger partial charge is 0.326 e. The maximum atomic E-state index is 12.1. The van der Waals surface area contributed by atoms with Crippen LogP contribution in [0.15, 0.2) is 47.8 Å². The molecule has 0 fully saturated rings. The van der Waals surface area contributed by atoms with Crippen molar-refractivity contribution in [3.8, 4) is 0 Å². The molecule has 2 aromatic heterocycles. The van der Waals surface area contributed by atoms with E-state index in [4.69, 9.17) is 0 Å². The maximum Gasteiger partial charge on any atom is 0.233 e. The third-order valence-corrected chi connectivity index (χ3v) is 6.82. The minimum absolute atomic E-state index is 0.00413. The number of anilines is 2. The average Bonchev–Trinajstić information content (AvgIpc) is 3.35. The average molecular weight is 449 g/mol. The third kappa shape index (κ3) is 3.62. The molecule has 9 nitrogen and oxygen atoms in total. The molecule has 0 saturated carbocycles. The molecule has 0 spiro atoms. The van der Waals surface area contributed by atoms with Crippen LogP contribution in [0.25, 0.3) is 0 Å². The van der Waals surface area contributed by atoms with Gasteiger partial charge in [-0.3, -0.25) is 9.10 Å². The molecule has 0 unspecified atom stereocenters. The predicted octanol–water partition coefficient (Wildman–Crippen LogP) is 2.03. The Hall–Kier alpha value is -3.66. The van der Waals surface area contributed by atoms with E-state index in [1.165, 1.54) is 13.4 Å². The number of fused-ring (bicyclic) bond motifs is 2. The van der Waals surface area contributed by atoms with Gasteiger partial charge in [0, 0.05) is 42.9 Å². The summed E-state index contributed by atoms with van der Waals surface area (Å²) in [5.41, 5.74) is 6.00. The molecule has 3 aromatic rings. The molecule has 2 aliphatic rings. The van der Waals surface area contributed by atoms with E-state index in [0.29, 0.717) is 42.2 Å². The van der Waals surface area contributed by atoms with Gasteiger partial charge in [-0.15, -0.1) is 0 Å². The lowest BCUT2D eigenvalue weighted by molar-refractivity contribution is -0.115. The van der Waals surface area contributed by atoms with Crippen molar-refractivity contribution < 1.29 is 13.2 Å². The SMILES string of the molecule is CN(c1ncccc1C1=Nc2ncnc(Cc3ccc4c(c3)CC(=O)N4)c2C1)S(C)(=O)=O. The van der Waals surface area contributed by atoms with E-state index in [2.05, 4.69) is 25.3 Å². The number of hydrogen-bond donors (Lipinski definition) is 1. The zero-order valence-electron chi connectivity index (χ0n) is 17.5. The van der Waals surface area contributed by atoms with E-state index in [9.17, 15) is 13.2 Å². The van der Waals surface area contributed by atoms with Gasteiger partial charge in [0.2, 0.25) is 15.9 Å². The summed E-state index contributed by atoms with van der Waals surface area (Å²) in [7, 11) is -2.00. The van der Waals surface area contributed by atoms with Crippen molar-refractivity contribution in [3.05, 3.63) is 70.8 Å². The number of nitrogens with zero attached hydrogens (tertiary/aromatic N) is 5. The predicted molar refractivity (Wildman–Crippen MR) is 121 cm³/mol. The summed E-state index contributed by atoms with van der Waals surface area (Å²) >= 11 is 0. The molecule has 10 heteroatoms. The lowest BCUT2D eigenvalue weighted by Crippen LogP contribution is -2.27. The number of aromatic nitrogens is 3. The Morgan fingerprint density at radius 3 is 2.78 bits per heavy atom. The number of sulfonamides is 1. The van der Waals surface area contributed by atoms with Gasteiger partial charge in [-0.25, -0.2) is 28.4 Å². The van der Waals surface area contributed by atoms with Gasteiger partial charge in [-0.05, 0) is 29.3 Å². The Balaban J connectivity index is 1.45. The van der Waals surface area contributed by atoms with Gasteiger partial charge in [0.05, 0.1) is 24.1 Å². The standard InChI is InChI=1S/C22H20N6O3S/c1-28(32(2,30)31)22-15(4-3-7-23-22)19-11-16-18(24-12-25-21(16)27-19)9-13-5-6-17-14(8-13)10-20(29)26-17/h3-8,12H,9-11H2,1-2H3,(H,26,29). The zero-order chi connectivity index (χ0) is 22.5. The van der Waals surface area contributed by atoms with Crippen LogP contribution in [0.2, 0.25) is 0 Å². The van der Waals surface area contributed by atoms with Crippen molar-refractivity contribution in [1.29, 1.82) is 0 Å². The van der Waals surface area contributed by atoms with Crippen LogP contribution in [-0.4, -0.2) is 48.3 Å². The molecule has 0 bridgehead atoms. The molecule has 162 valence electrons. The summed E-state index contributed by atoms with van der Waals surface area (Å²) in [5.74, 6) is 0.913. The quantitative estimate of drug-likeness (QED) is 0.638. The van der Waals surface area contributed by atoms with E-state index in [0.717, 1.165) is 38.6 Å². The second-order valence-electron chi connectivity index (χ2n) is 7.86. The van der Waals surface area contributed by atoms with Gasteiger partial charge >= 0.3 is 0 Å². The Morgan fingerprint density at radius 1 is 1.12 bits per heavy atom. The minimum atomic E-state index is -3.47. The number of aliphatic imine (C=N–C) groups is 1. The van der Waals surface area contributed by atoms with Gasteiger partial charge < -0.3 is 5.32 Å². The second-order valence-corrected chi connectivity index (χ2v) is 9.87. The molecular formula is C22H20N6O3S. The molecule has 1 N–H and O–H groups in total. The number of nitrogens with one attached hydrogen (secondary N) is 1. The normalized spacial score (nSPS) is 14.6. The molecule has 1 aromatic carbocycles. The van der Waals surface area contributed by atoms with Crippen LogP contribution in [0.4, 0.5) is 17.3 Å². The minimum Gasteiger partial charge on any atom is -0.326 e. The van der Waals surface area contributed by atoms with Gasteiger partial charge in [0.15, 0.2) is 11.6 Å². The van der Waals surface area contributed by atoms with Crippen LogP contribution in [0.5, 0.6) is 0 Å². The second kappa shape index (κ2) is 7.49. The van der Waals surface area contributed by atoms with Gasteiger partial charge in [-0.1, -0.05) is 12.1 Å². The number of hydrogen-bond acceptors (Lipinski definition) is 7. The lowest BCUT2D eigenvalue weighted by Gasteiger charge is -2.18. The van der Waals surface area contributed by atoms with Gasteiger partial charge in [0.25, 0.3) is 0 Å². The summed E-state index contributed by atoms with van der Waals surface area (Å²) in [6, 6.07) is 9.50. The molecule has 0 atom stereocenters. The highest BCUT2D eigenvalue weighted by Gasteiger charge is 2.26. The summed E-state index contributed by atoms with van der Waals surface area (Å²) in [4.78, 5) is 29.4. The van der Waals surface area contributed by atoms with E-state index >= 15 is 0 Å². The molecule has 32 heavy (non-hydrogen) atoms. The Kier molecular flexibility index (Phi) is 4.74. The Bertz CT molecular complexity index is 1400. The van der Waals surface area contributed by atoms with Crippen molar-refractivity contribution in [3.63, 3.8) is 0 Å². The fourth-order valence-electron chi connectivity index (χ4n) is 3.97. The zero-order valence-corrected chi connectivity index (χ0v) is 18.3. The molecule has 2 aliphatic heterocycles. The van der Waals surface area contributed by atoms with Crippen LogP contribution in [0, 0.1) is 0 Å². The van der Waals surface area contributed by atoms with Crippen molar-refractivity contribution >= 4 is 39.0 Å². The number of carbonyl (C=O) groups excluding carboxylic acids is 1. The first kappa shape index (κ1) is 20.3. The van der Waals surface area contributed by atoms with Crippen LogP contribution >= 0.6 is 0 Å². The van der Waals surface area contributed by atoms with Crippen molar-refractivity contribution in [2.75, 3.05) is 22.9 Å². The number of pyridine rings is 1. The summed E-state index contributed by atoms with van der Waals surface area (Å²) < 4.78 is 25.3.